The monoisotopic (exact) mass is 925 g/mol. The zero-order chi connectivity index (χ0) is 46.7. The average Bonchev–Trinajstić information content (AvgIpc) is 3.27. The first kappa shape index (κ1) is 62.5. The lowest BCUT2D eigenvalue weighted by Crippen LogP contribution is -2.29. The lowest BCUT2D eigenvalue weighted by atomic mass is 10.0. The Labute approximate surface area is 396 Å². The molecule has 1 unspecified atom stereocenters. The second-order valence-electron chi connectivity index (χ2n) is 18.9. The fraction of sp³-hybridized carbons (Fsp3) is 0.891. The van der Waals surface area contributed by atoms with E-state index in [1.165, 1.54) is 225 Å². The van der Waals surface area contributed by atoms with E-state index in [9.17, 15) is 14.2 Å². The Morgan fingerprint density at radius 1 is 0.391 bits per heavy atom. The highest BCUT2D eigenvalue weighted by molar-refractivity contribution is 7.46. The first-order valence-corrected chi connectivity index (χ1v) is 29.2. The number of esters is 2. The van der Waals surface area contributed by atoms with Gasteiger partial charge in [-0.25, -0.2) is 4.57 Å². The Hall–Kier alpha value is -1.47. The molecule has 0 spiro atoms. The third kappa shape index (κ3) is 53.1. The predicted molar refractivity (Wildman–Crippen MR) is 272 cm³/mol. The van der Waals surface area contributed by atoms with Crippen molar-refractivity contribution in [3.8, 4) is 0 Å². The van der Waals surface area contributed by atoms with E-state index in [1.807, 2.05) is 0 Å². The van der Waals surface area contributed by atoms with Crippen molar-refractivity contribution in [3.05, 3.63) is 24.3 Å². The van der Waals surface area contributed by atoms with Gasteiger partial charge in [0, 0.05) is 12.8 Å². The molecule has 0 bridgehead atoms. The summed E-state index contributed by atoms with van der Waals surface area (Å²) in [5, 5.41) is 0. The number of unbranched alkanes of at least 4 members (excludes halogenated alkanes) is 38. The molecule has 9 heteroatoms. The molecule has 378 valence electrons. The van der Waals surface area contributed by atoms with Gasteiger partial charge < -0.3 is 19.3 Å². The average molecular weight is 925 g/mol. The molecular formula is C55H105O8P. The Kier molecular flexibility index (Phi) is 49.8. The number of carbonyl (C=O) groups excluding carboxylic acids is 2. The second-order valence-corrected chi connectivity index (χ2v) is 20.1. The van der Waals surface area contributed by atoms with E-state index in [0.717, 1.165) is 38.5 Å². The van der Waals surface area contributed by atoms with E-state index in [4.69, 9.17) is 19.3 Å². The molecule has 0 fully saturated rings. The third-order valence-electron chi connectivity index (χ3n) is 12.4. The SMILES string of the molecule is CCCCCCCCCC/C=C\CCCCCCCCCCCCCC(=O)OCC(COP(=O)(O)O)OC(=O)CCCCCCCCCCCCC/C=C\CCCCCCCCCC. The fourth-order valence-electron chi connectivity index (χ4n) is 8.31. The van der Waals surface area contributed by atoms with Crippen molar-refractivity contribution < 1.29 is 37.9 Å². The molecule has 0 aliphatic heterocycles. The highest BCUT2D eigenvalue weighted by Crippen LogP contribution is 2.36. The van der Waals surface area contributed by atoms with E-state index < -0.39 is 32.5 Å². The minimum Gasteiger partial charge on any atom is -0.462 e. The van der Waals surface area contributed by atoms with Crippen LogP contribution in [-0.4, -0.2) is 41.0 Å². The van der Waals surface area contributed by atoms with Crippen molar-refractivity contribution in [1.29, 1.82) is 0 Å². The molecule has 0 radical (unpaired) electrons. The largest absolute Gasteiger partial charge is 0.469 e. The highest BCUT2D eigenvalue weighted by Gasteiger charge is 2.23. The van der Waals surface area contributed by atoms with Crippen LogP contribution >= 0.6 is 7.82 Å². The third-order valence-corrected chi connectivity index (χ3v) is 12.9. The lowest BCUT2D eigenvalue weighted by molar-refractivity contribution is -0.161. The molecule has 64 heavy (non-hydrogen) atoms. The summed E-state index contributed by atoms with van der Waals surface area (Å²) in [4.78, 5) is 43.2. The van der Waals surface area contributed by atoms with Crippen LogP contribution in [-0.2, 0) is 28.2 Å². The molecule has 0 heterocycles. The van der Waals surface area contributed by atoms with Gasteiger partial charge in [-0.05, 0) is 64.2 Å². The molecule has 0 saturated heterocycles. The number of rotatable bonds is 52. The number of ether oxygens (including phenoxy) is 2. The van der Waals surface area contributed by atoms with E-state index >= 15 is 0 Å². The number of carbonyl (C=O) groups is 2. The fourth-order valence-corrected chi connectivity index (χ4v) is 8.67. The van der Waals surface area contributed by atoms with Crippen LogP contribution in [0.5, 0.6) is 0 Å². The van der Waals surface area contributed by atoms with Crippen LogP contribution in [0.25, 0.3) is 0 Å². The van der Waals surface area contributed by atoms with Crippen molar-refractivity contribution in [2.75, 3.05) is 13.2 Å². The van der Waals surface area contributed by atoms with Crippen LogP contribution in [0.1, 0.15) is 296 Å². The molecule has 0 aromatic carbocycles. The molecule has 0 aliphatic carbocycles. The normalized spacial score (nSPS) is 12.5. The van der Waals surface area contributed by atoms with Gasteiger partial charge in [0.05, 0.1) is 6.61 Å². The zero-order valence-electron chi connectivity index (χ0n) is 42.2. The Morgan fingerprint density at radius 3 is 0.953 bits per heavy atom. The molecule has 0 rings (SSSR count). The van der Waals surface area contributed by atoms with Crippen LogP contribution in [0.3, 0.4) is 0 Å². The van der Waals surface area contributed by atoms with Gasteiger partial charge in [0.25, 0.3) is 0 Å². The maximum Gasteiger partial charge on any atom is 0.469 e. The number of hydrogen-bond donors (Lipinski definition) is 2. The predicted octanol–water partition coefficient (Wildman–Crippen LogP) is 17.9. The topological polar surface area (TPSA) is 119 Å². The van der Waals surface area contributed by atoms with Crippen molar-refractivity contribution in [2.45, 2.75) is 302 Å². The molecule has 1 atom stereocenters. The molecule has 0 aliphatic rings. The molecule has 2 N–H and O–H groups in total. The van der Waals surface area contributed by atoms with E-state index in [1.54, 1.807) is 0 Å². The Bertz CT molecular complexity index is 1090. The quantitative estimate of drug-likeness (QED) is 0.0268. The zero-order valence-corrected chi connectivity index (χ0v) is 43.1. The number of phosphoric acid groups is 1. The first-order chi connectivity index (χ1) is 31.3. The van der Waals surface area contributed by atoms with Gasteiger partial charge in [0.1, 0.15) is 6.61 Å². The summed E-state index contributed by atoms with van der Waals surface area (Å²) in [6.07, 6.45) is 62.1. The van der Waals surface area contributed by atoms with Crippen molar-refractivity contribution in [3.63, 3.8) is 0 Å². The first-order valence-electron chi connectivity index (χ1n) is 27.6. The maximum atomic E-state index is 12.5. The summed E-state index contributed by atoms with van der Waals surface area (Å²) >= 11 is 0. The molecular weight excluding hydrogens is 820 g/mol. The lowest BCUT2D eigenvalue weighted by Gasteiger charge is -2.18. The summed E-state index contributed by atoms with van der Waals surface area (Å²) < 4.78 is 26.6. The van der Waals surface area contributed by atoms with Gasteiger partial charge in [-0.2, -0.15) is 0 Å². The Morgan fingerprint density at radius 2 is 0.656 bits per heavy atom. The number of allylic oxidation sites excluding steroid dienone is 4. The highest BCUT2D eigenvalue weighted by atomic mass is 31.2. The van der Waals surface area contributed by atoms with E-state index in [-0.39, 0.29) is 19.4 Å². The molecule has 0 saturated carbocycles. The van der Waals surface area contributed by atoms with Crippen LogP contribution in [0.15, 0.2) is 24.3 Å². The van der Waals surface area contributed by atoms with Gasteiger partial charge in [-0.15, -0.1) is 0 Å². The summed E-state index contributed by atoms with van der Waals surface area (Å²) in [5.74, 6) is -0.870. The van der Waals surface area contributed by atoms with Crippen LogP contribution in [0, 0.1) is 0 Å². The van der Waals surface area contributed by atoms with Crippen LogP contribution in [0.2, 0.25) is 0 Å². The Balaban J connectivity index is 3.76. The molecule has 0 aromatic heterocycles. The molecule has 0 amide bonds. The van der Waals surface area contributed by atoms with E-state index in [2.05, 4.69) is 42.7 Å². The van der Waals surface area contributed by atoms with Crippen molar-refractivity contribution >= 4 is 19.8 Å². The number of phosphoric ester groups is 1. The van der Waals surface area contributed by atoms with Crippen molar-refractivity contribution in [2.24, 2.45) is 0 Å². The van der Waals surface area contributed by atoms with Crippen LogP contribution < -0.4 is 0 Å². The van der Waals surface area contributed by atoms with Crippen LogP contribution in [0.4, 0.5) is 0 Å². The van der Waals surface area contributed by atoms with Gasteiger partial charge >= 0.3 is 19.8 Å². The van der Waals surface area contributed by atoms with Crippen molar-refractivity contribution in [1.82, 2.24) is 0 Å². The smallest absolute Gasteiger partial charge is 0.462 e. The maximum absolute atomic E-state index is 12.5. The summed E-state index contributed by atoms with van der Waals surface area (Å²) in [7, 11) is -4.76. The van der Waals surface area contributed by atoms with Gasteiger partial charge in [-0.3, -0.25) is 14.1 Å². The van der Waals surface area contributed by atoms with Gasteiger partial charge in [0.2, 0.25) is 0 Å². The number of hydrogen-bond acceptors (Lipinski definition) is 6. The summed E-state index contributed by atoms with van der Waals surface area (Å²) in [6, 6.07) is 0. The second kappa shape index (κ2) is 50.9. The van der Waals surface area contributed by atoms with Gasteiger partial charge in [-0.1, -0.05) is 244 Å². The summed E-state index contributed by atoms with van der Waals surface area (Å²) in [6.45, 7) is 3.74. The standard InChI is InChI=1S/C55H105O8P/c1-3-5-7-9-11-13-15-17-19-21-23-25-27-29-31-33-35-37-39-41-43-45-47-49-54(56)61-51-53(52-62-64(58,59)60)63-55(57)50-48-46-44-42-40-38-36-34-32-30-28-26-24-22-20-18-16-14-12-10-8-6-4-2/h21-24,53H,3-20,25-52H2,1-2H3,(H2,58,59,60)/b23-21-,24-22-. The minimum atomic E-state index is -4.76. The summed E-state index contributed by atoms with van der Waals surface area (Å²) in [5.41, 5.74) is 0. The minimum absolute atomic E-state index is 0.214. The van der Waals surface area contributed by atoms with E-state index in [0.29, 0.717) is 6.42 Å². The van der Waals surface area contributed by atoms with Gasteiger partial charge in [0.15, 0.2) is 6.10 Å². The molecule has 0 aromatic rings. The molecule has 8 nitrogen and oxygen atoms in total.